The van der Waals surface area contributed by atoms with Crippen LogP contribution in [0.2, 0.25) is 0 Å². The van der Waals surface area contributed by atoms with Gasteiger partial charge in [0.1, 0.15) is 5.84 Å². The van der Waals surface area contributed by atoms with Crippen LogP contribution in [0.25, 0.3) is 0 Å². The zero-order valence-electron chi connectivity index (χ0n) is 19.4. The Kier molecular flexibility index (Phi) is 7.62. The van der Waals surface area contributed by atoms with Crippen LogP contribution in [0.15, 0.2) is 75.7 Å². The van der Waals surface area contributed by atoms with Gasteiger partial charge in [-0.2, -0.15) is 4.99 Å². The summed E-state index contributed by atoms with van der Waals surface area (Å²) in [5.41, 5.74) is 3.43. The fourth-order valence-electron chi connectivity index (χ4n) is 3.87. The number of guanidine groups is 1. The van der Waals surface area contributed by atoms with E-state index >= 15 is 0 Å². The van der Waals surface area contributed by atoms with Crippen LogP contribution >= 0.6 is 11.8 Å². The van der Waals surface area contributed by atoms with Crippen molar-refractivity contribution >= 4 is 29.3 Å². The van der Waals surface area contributed by atoms with Gasteiger partial charge in [0.15, 0.2) is 5.78 Å². The number of aliphatic imine (C=N–C) groups is 2. The molecule has 2 aliphatic heterocycles. The number of morpholine rings is 1. The average Bonchev–Trinajstić information content (AvgIpc) is 2.87. The molecule has 0 radical (unpaired) electrons. The summed E-state index contributed by atoms with van der Waals surface area (Å²) in [6, 6.07) is 17.3. The molecule has 2 aromatic rings. The molecular formula is C26H30N4O2S. The van der Waals surface area contributed by atoms with E-state index in [0.29, 0.717) is 24.3 Å². The second-order valence-electron chi connectivity index (χ2n) is 8.33. The number of benzene rings is 2. The molecule has 0 amide bonds. The zero-order valence-corrected chi connectivity index (χ0v) is 20.2. The van der Waals surface area contributed by atoms with Crippen LogP contribution in [0.4, 0.5) is 0 Å². The third kappa shape index (κ3) is 5.72. The highest BCUT2D eigenvalue weighted by molar-refractivity contribution is 8.02. The van der Waals surface area contributed by atoms with Crippen molar-refractivity contribution in [3.63, 3.8) is 0 Å². The summed E-state index contributed by atoms with van der Waals surface area (Å²) >= 11 is 1.71. The Bertz CT molecular complexity index is 1070. The van der Waals surface area contributed by atoms with E-state index in [-0.39, 0.29) is 11.7 Å². The number of ether oxygens (including phenoxy) is 1. The fourth-order valence-corrected chi connectivity index (χ4v) is 4.66. The molecule has 1 unspecified atom stereocenters. The number of carbonyl (C=O) groups is 1. The first kappa shape index (κ1) is 23.3. The van der Waals surface area contributed by atoms with Crippen molar-refractivity contribution in [3.8, 4) is 0 Å². The van der Waals surface area contributed by atoms with Gasteiger partial charge in [-0.3, -0.25) is 4.79 Å². The van der Waals surface area contributed by atoms with Crippen molar-refractivity contribution in [1.29, 1.82) is 0 Å². The molecule has 2 aliphatic rings. The van der Waals surface area contributed by atoms with E-state index in [2.05, 4.69) is 23.3 Å². The summed E-state index contributed by atoms with van der Waals surface area (Å²) in [6.07, 6.45) is 0. The normalized spacial score (nSPS) is 17.8. The summed E-state index contributed by atoms with van der Waals surface area (Å²) in [7, 11) is 4.03. The van der Waals surface area contributed by atoms with Crippen molar-refractivity contribution in [1.82, 2.24) is 9.80 Å². The van der Waals surface area contributed by atoms with E-state index in [0.717, 1.165) is 41.9 Å². The minimum atomic E-state index is 0.0339. The molecule has 1 fully saturated rings. The third-order valence-corrected chi connectivity index (χ3v) is 6.56. The maximum absolute atomic E-state index is 12.9. The van der Waals surface area contributed by atoms with E-state index in [1.165, 1.54) is 0 Å². The monoisotopic (exact) mass is 462 g/mol. The lowest BCUT2D eigenvalue weighted by molar-refractivity contribution is 0.0639. The number of nitrogens with zero attached hydrogens (tertiary/aromatic N) is 4. The Labute approximate surface area is 200 Å². The largest absolute Gasteiger partial charge is 0.378 e. The van der Waals surface area contributed by atoms with Crippen LogP contribution in [0.1, 0.15) is 34.3 Å². The molecule has 0 N–H and O–H groups in total. The summed E-state index contributed by atoms with van der Waals surface area (Å²) in [5.74, 6) is 2.56. The highest BCUT2D eigenvalue weighted by atomic mass is 32.2. The van der Waals surface area contributed by atoms with Crippen molar-refractivity contribution < 1.29 is 9.53 Å². The molecule has 7 heteroatoms. The number of hydrogen-bond donors (Lipinski definition) is 0. The quantitative estimate of drug-likeness (QED) is 0.386. The van der Waals surface area contributed by atoms with Crippen molar-refractivity contribution in [3.05, 3.63) is 82.4 Å². The molecule has 1 saturated heterocycles. The van der Waals surface area contributed by atoms with Gasteiger partial charge in [-0.05, 0) is 17.0 Å². The van der Waals surface area contributed by atoms with E-state index < -0.39 is 0 Å². The highest BCUT2D eigenvalue weighted by Gasteiger charge is 2.21. The lowest BCUT2D eigenvalue weighted by atomic mass is 9.94. The molecule has 0 aliphatic carbocycles. The molecule has 0 spiro atoms. The van der Waals surface area contributed by atoms with Gasteiger partial charge in [-0.15, -0.1) is 11.8 Å². The van der Waals surface area contributed by atoms with Gasteiger partial charge in [0.05, 0.1) is 24.7 Å². The molecule has 1 atom stereocenters. The molecule has 2 heterocycles. The first-order valence-corrected chi connectivity index (χ1v) is 12.3. The smallest absolute Gasteiger partial charge is 0.202 e. The second-order valence-corrected chi connectivity index (χ2v) is 9.19. The van der Waals surface area contributed by atoms with Gasteiger partial charge in [-0.25, -0.2) is 4.99 Å². The second kappa shape index (κ2) is 10.8. The van der Waals surface area contributed by atoms with E-state index in [1.54, 1.807) is 11.8 Å². The molecule has 4 rings (SSSR count). The molecule has 0 saturated carbocycles. The Hall–Kier alpha value is -2.90. The van der Waals surface area contributed by atoms with E-state index in [1.807, 2.05) is 67.5 Å². The van der Waals surface area contributed by atoms with Gasteiger partial charge in [0.2, 0.25) is 5.96 Å². The molecule has 33 heavy (non-hydrogen) atoms. The molecule has 172 valence electrons. The summed E-state index contributed by atoms with van der Waals surface area (Å²) in [6.45, 7) is 5.23. The first-order chi connectivity index (χ1) is 16.0. The predicted octanol–water partition coefficient (Wildman–Crippen LogP) is 4.26. The minimum Gasteiger partial charge on any atom is -0.378 e. The van der Waals surface area contributed by atoms with Crippen LogP contribution in [0, 0.1) is 0 Å². The van der Waals surface area contributed by atoms with Crippen LogP contribution in [0.3, 0.4) is 0 Å². The molecular weight excluding hydrogens is 432 g/mol. The Balaban J connectivity index is 1.55. The first-order valence-electron chi connectivity index (χ1n) is 11.2. The predicted molar refractivity (Wildman–Crippen MR) is 136 cm³/mol. The highest BCUT2D eigenvalue weighted by Crippen LogP contribution is 2.31. The van der Waals surface area contributed by atoms with Gasteiger partial charge in [0.25, 0.3) is 0 Å². The number of hydrogen-bond acceptors (Lipinski definition) is 5. The standard InChI is InChI=1S/C26H30N4O2S/c1-19(21-10-7-11-22(16-21)25(31)20-8-5-4-6-9-20)23-17-33-18-24(27-23)28-26(29(2)3)30-12-14-32-15-13-30/h4-11,16-17,19H,12-15,18H2,1-3H3. The van der Waals surface area contributed by atoms with Crippen molar-refractivity contribution in [2.75, 3.05) is 46.2 Å². The Morgan fingerprint density at radius 1 is 1.09 bits per heavy atom. The maximum atomic E-state index is 12.9. The van der Waals surface area contributed by atoms with Crippen LogP contribution < -0.4 is 0 Å². The minimum absolute atomic E-state index is 0.0339. The summed E-state index contributed by atoms with van der Waals surface area (Å²) < 4.78 is 5.49. The lowest BCUT2D eigenvalue weighted by Crippen LogP contribution is -2.47. The number of rotatable bonds is 4. The molecule has 6 nitrogen and oxygen atoms in total. The molecule has 2 aromatic carbocycles. The zero-order chi connectivity index (χ0) is 23.2. The Morgan fingerprint density at radius 3 is 2.55 bits per heavy atom. The van der Waals surface area contributed by atoms with Crippen LogP contribution in [-0.4, -0.2) is 73.5 Å². The maximum Gasteiger partial charge on any atom is 0.202 e. The van der Waals surface area contributed by atoms with E-state index in [9.17, 15) is 4.79 Å². The van der Waals surface area contributed by atoms with Crippen LogP contribution in [-0.2, 0) is 4.74 Å². The fraction of sp³-hybridized carbons (Fsp3) is 0.346. The van der Waals surface area contributed by atoms with Crippen molar-refractivity contribution in [2.45, 2.75) is 12.8 Å². The topological polar surface area (TPSA) is 57.5 Å². The number of thioether (sulfide) groups is 1. The average molecular weight is 463 g/mol. The number of ketones is 1. The number of amidine groups is 1. The summed E-state index contributed by atoms with van der Waals surface area (Å²) in [5, 5.41) is 2.11. The van der Waals surface area contributed by atoms with Crippen LogP contribution in [0.5, 0.6) is 0 Å². The van der Waals surface area contributed by atoms with Gasteiger partial charge in [0, 0.05) is 44.2 Å². The van der Waals surface area contributed by atoms with Gasteiger partial charge >= 0.3 is 0 Å². The number of allylic oxidation sites excluding steroid dienone is 1. The molecule has 0 aromatic heterocycles. The van der Waals surface area contributed by atoms with Crippen molar-refractivity contribution in [2.24, 2.45) is 9.98 Å². The third-order valence-electron chi connectivity index (χ3n) is 5.73. The molecule has 0 bridgehead atoms. The Morgan fingerprint density at radius 2 is 1.82 bits per heavy atom. The number of carbonyl (C=O) groups excluding carboxylic acids is 1. The SMILES string of the molecule is CC(C1=CSCC(N=C(N(C)C)N2CCOCC2)=N1)c1cccc(C(=O)c2ccccc2)c1. The van der Waals surface area contributed by atoms with E-state index in [4.69, 9.17) is 14.7 Å². The van der Waals surface area contributed by atoms with Gasteiger partial charge in [-0.1, -0.05) is 55.5 Å². The van der Waals surface area contributed by atoms with Gasteiger partial charge < -0.3 is 14.5 Å². The summed E-state index contributed by atoms with van der Waals surface area (Å²) in [4.78, 5) is 27.0. The lowest BCUT2D eigenvalue weighted by Gasteiger charge is -2.33.